The fraction of sp³-hybridized carbons (Fsp3) is 0.176. The summed E-state index contributed by atoms with van der Waals surface area (Å²) in [7, 11) is 3.39. The Balaban J connectivity index is 1.64. The molecule has 0 fully saturated rings. The summed E-state index contributed by atoms with van der Waals surface area (Å²) in [5.74, 6) is 0.801. The number of ether oxygens (including phenoxy) is 1. The van der Waals surface area contributed by atoms with Crippen LogP contribution in [0.4, 0.5) is 9.93 Å². The third kappa shape index (κ3) is 3.60. The van der Waals surface area contributed by atoms with E-state index in [-0.39, 0.29) is 6.03 Å². The van der Waals surface area contributed by atoms with Crippen molar-refractivity contribution in [2.75, 3.05) is 19.5 Å². The number of methoxy groups -OCH3 is 1. The number of fused-ring (bicyclic) bond motifs is 1. The number of benzene rings is 2. The average molecular weight is 327 g/mol. The van der Waals surface area contributed by atoms with Gasteiger partial charge in [-0.2, -0.15) is 0 Å². The van der Waals surface area contributed by atoms with Crippen molar-refractivity contribution in [2.24, 2.45) is 0 Å². The highest BCUT2D eigenvalue weighted by molar-refractivity contribution is 7.22. The summed E-state index contributed by atoms with van der Waals surface area (Å²) in [5.41, 5.74) is 1.93. The molecule has 0 aliphatic heterocycles. The number of thiazole rings is 1. The molecule has 0 bridgehead atoms. The number of para-hydroxylation sites is 1. The molecule has 0 radical (unpaired) electrons. The van der Waals surface area contributed by atoms with E-state index in [1.54, 1.807) is 19.1 Å². The number of amides is 2. The van der Waals surface area contributed by atoms with E-state index >= 15 is 0 Å². The third-order valence-corrected chi connectivity index (χ3v) is 4.39. The van der Waals surface area contributed by atoms with Crippen molar-refractivity contribution in [1.29, 1.82) is 0 Å². The lowest BCUT2D eigenvalue weighted by Crippen LogP contribution is -2.30. The smallest absolute Gasteiger partial charge is 0.323 e. The monoisotopic (exact) mass is 327 g/mol. The number of hydrogen-bond acceptors (Lipinski definition) is 4. The first-order chi connectivity index (χ1) is 11.2. The molecule has 6 heteroatoms. The van der Waals surface area contributed by atoms with Crippen LogP contribution < -0.4 is 10.1 Å². The zero-order chi connectivity index (χ0) is 16.2. The Bertz CT molecular complexity index is 781. The van der Waals surface area contributed by atoms with Crippen molar-refractivity contribution in [3.05, 3.63) is 54.1 Å². The molecule has 0 atom stereocenters. The lowest BCUT2D eigenvalue weighted by Gasteiger charge is -2.17. The van der Waals surface area contributed by atoms with E-state index in [2.05, 4.69) is 10.3 Å². The van der Waals surface area contributed by atoms with Gasteiger partial charge in [0.2, 0.25) is 0 Å². The highest BCUT2D eigenvalue weighted by Crippen LogP contribution is 2.25. The maximum absolute atomic E-state index is 12.3. The lowest BCUT2D eigenvalue weighted by atomic mass is 10.2. The number of nitrogens with one attached hydrogen (secondary N) is 1. The summed E-state index contributed by atoms with van der Waals surface area (Å²) < 4.78 is 6.19. The van der Waals surface area contributed by atoms with Crippen LogP contribution in [0.25, 0.3) is 10.2 Å². The van der Waals surface area contributed by atoms with E-state index in [1.807, 2.05) is 48.5 Å². The van der Waals surface area contributed by atoms with Crippen LogP contribution in [0.1, 0.15) is 5.56 Å². The summed E-state index contributed by atoms with van der Waals surface area (Å²) in [6.07, 6.45) is 0. The van der Waals surface area contributed by atoms with Gasteiger partial charge in [0.05, 0.1) is 17.3 Å². The Kier molecular flexibility index (Phi) is 4.43. The van der Waals surface area contributed by atoms with E-state index in [0.29, 0.717) is 11.7 Å². The number of hydrogen-bond donors (Lipinski definition) is 1. The van der Waals surface area contributed by atoms with Gasteiger partial charge in [-0.1, -0.05) is 35.6 Å². The summed E-state index contributed by atoms with van der Waals surface area (Å²) in [6, 6.07) is 15.3. The Hall–Kier alpha value is -2.60. The zero-order valence-corrected chi connectivity index (χ0v) is 13.8. The lowest BCUT2D eigenvalue weighted by molar-refractivity contribution is 0.220. The second kappa shape index (κ2) is 6.66. The van der Waals surface area contributed by atoms with Gasteiger partial charge < -0.3 is 9.64 Å². The Morgan fingerprint density at radius 1 is 1.22 bits per heavy atom. The molecule has 3 aromatic rings. The molecule has 0 unspecified atom stereocenters. The van der Waals surface area contributed by atoms with Gasteiger partial charge in [0.25, 0.3) is 0 Å². The number of nitrogens with zero attached hydrogens (tertiary/aromatic N) is 2. The second-order valence-corrected chi connectivity index (χ2v) is 6.15. The van der Waals surface area contributed by atoms with Crippen molar-refractivity contribution in [3.63, 3.8) is 0 Å². The van der Waals surface area contributed by atoms with Gasteiger partial charge in [-0.3, -0.25) is 5.32 Å². The average Bonchev–Trinajstić information content (AvgIpc) is 2.97. The SMILES string of the molecule is COc1ccc(CN(C)C(=O)Nc2nc3ccccc3s2)cc1. The van der Waals surface area contributed by atoms with Crippen LogP contribution in [0, 0.1) is 0 Å². The molecule has 23 heavy (non-hydrogen) atoms. The molecule has 2 amide bonds. The second-order valence-electron chi connectivity index (χ2n) is 5.12. The van der Waals surface area contributed by atoms with E-state index in [4.69, 9.17) is 4.74 Å². The van der Waals surface area contributed by atoms with Gasteiger partial charge in [-0.25, -0.2) is 9.78 Å². The summed E-state index contributed by atoms with van der Waals surface area (Å²) in [4.78, 5) is 18.3. The van der Waals surface area contributed by atoms with Crippen LogP contribution in [-0.4, -0.2) is 30.1 Å². The van der Waals surface area contributed by atoms with Gasteiger partial charge in [-0.05, 0) is 29.8 Å². The van der Waals surface area contributed by atoms with Crippen LogP contribution in [0.3, 0.4) is 0 Å². The van der Waals surface area contributed by atoms with Crippen molar-refractivity contribution >= 4 is 32.7 Å². The predicted molar refractivity (Wildman–Crippen MR) is 93.1 cm³/mol. The van der Waals surface area contributed by atoms with Crippen LogP contribution >= 0.6 is 11.3 Å². The number of carbonyl (C=O) groups is 1. The maximum atomic E-state index is 12.3. The first-order valence-corrected chi connectivity index (χ1v) is 7.98. The highest BCUT2D eigenvalue weighted by atomic mass is 32.1. The van der Waals surface area contributed by atoms with Gasteiger partial charge in [-0.15, -0.1) is 0 Å². The molecule has 0 saturated heterocycles. The van der Waals surface area contributed by atoms with E-state index in [1.165, 1.54) is 11.3 Å². The highest BCUT2D eigenvalue weighted by Gasteiger charge is 2.12. The fourth-order valence-corrected chi connectivity index (χ4v) is 3.04. The van der Waals surface area contributed by atoms with Gasteiger partial charge in [0.1, 0.15) is 5.75 Å². The number of rotatable bonds is 4. The minimum atomic E-state index is -0.181. The molecule has 0 saturated carbocycles. The van der Waals surface area contributed by atoms with Crippen molar-refractivity contribution in [2.45, 2.75) is 6.54 Å². The molecular weight excluding hydrogens is 310 g/mol. The first kappa shape index (κ1) is 15.3. The Morgan fingerprint density at radius 3 is 2.65 bits per heavy atom. The van der Waals surface area contributed by atoms with Crippen molar-refractivity contribution in [3.8, 4) is 5.75 Å². The standard InChI is InChI=1S/C17H17N3O2S/c1-20(11-12-7-9-13(22-2)10-8-12)17(21)19-16-18-14-5-3-4-6-15(14)23-16/h3-10H,11H2,1-2H3,(H,18,19,21). The van der Waals surface area contributed by atoms with E-state index in [0.717, 1.165) is 21.5 Å². The van der Waals surface area contributed by atoms with E-state index in [9.17, 15) is 4.79 Å². The molecule has 1 heterocycles. The minimum Gasteiger partial charge on any atom is -0.497 e. The molecule has 2 aromatic carbocycles. The molecular formula is C17H17N3O2S. The molecule has 118 valence electrons. The third-order valence-electron chi connectivity index (χ3n) is 3.43. The number of carbonyl (C=O) groups excluding carboxylic acids is 1. The predicted octanol–water partition coefficient (Wildman–Crippen LogP) is 3.97. The number of urea groups is 1. The fourth-order valence-electron chi connectivity index (χ4n) is 2.19. The molecule has 1 aromatic heterocycles. The van der Waals surface area contributed by atoms with Crippen LogP contribution in [0.2, 0.25) is 0 Å². The number of aromatic nitrogens is 1. The summed E-state index contributed by atoms with van der Waals surface area (Å²) >= 11 is 1.47. The van der Waals surface area contributed by atoms with Gasteiger partial charge in [0, 0.05) is 13.6 Å². The van der Waals surface area contributed by atoms with E-state index < -0.39 is 0 Å². The number of anilines is 1. The van der Waals surface area contributed by atoms with Gasteiger partial charge >= 0.3 is 6.03 Å². The molecule has 1 N–H and O–H groups in total. The van der Waals surface area contributed by atoms with Crippen LogP contribution in [-0.2, 0) is 6.54 Å². The molecule has 3 rings (SSSR count). The maximum Gasteiger partial charge on any atom is 0.323 e. The largest absolute Gasteiger partial charge is 0.497 e. The van der Waals surface area contributed by atoms with Gasteiger partial charge in [0.15, 0.2) is 5.13 Å². The minimum absolute atomic E-state index is 0.181. The molecule has 0 spiro atoms. The molecule has 0 aliphatic carbocycles. The zero-order valence-electron chi connectivity index (χ0n) is 12.9. The summed E-state index contributed by atoms with van der Waals surface area (Å²) in [5, 5.41) is 3.45. The van der Waals surface area contributed by atoms with Crippen molar-refractivity contribution < 1.29 is 9.53 Å². The topological polar surface area (TPSA) is 54.5 Å². The normalized spacial score (nSPS) is 10.5. The Labute approximate surface area is 138 Å². The molecule has 0 aliphatic rings. The van der Waals surface area contributed by atoms with Crippen LogP contribution in [0.5, 0.6) is 5.75 Å². The first-order valence-electron chi connectivity index (χ1n) is 7.16. The van der Waals surface area contributed by atoms with Crippen molar-refractivity contribution in [1.82, 2.24) is 9.88 Å². The molecule has 5 nitrogen and oxygen atoms in total. The van der Waals surface area contributed by atoms with Crippen LogP contribution in [0.15, 0.2) is 48.5 Å². The quantitative estimate of drug-likeness (QED) is 0.789. The summed E-state index contributed by atoms with van der Waals surface area (Å²) in [6.45, 7) is 0.515. The Morgan fingerprint density at radius 2 is 1.96 bits per heavy atom.